The highest BCUT2D eigenvalue weighted by molar-refractivity contribution is 5.88. The normalized spacial score (nSPS) is 10.6. The first-order valence-electron chi connectivity index (χ1n) is 6.68. The van der Waals surface area contributed by atoms with Crippen LogP contribution in [0, 0.1) is 0 Å². The summed E-state index contributed by atoms with van der Waals surface area (Å²) < 4.78 is 0. The molecule has 3 nitrogen and oxygen atoms in total. The van der Waals surface area contributed by atoms with Gasteiger partial charge in [0.1, 0.15) is 5.75 Å². The Balaban J connectivity index is 3.07. The van der Waals surface area contributed by atoms with Crippen LogP contribution in [0.1, 0.15) is 61.0 Å². The molecule has 0 unspecified atom stereocenters. The summed E-state index contributed by atoms with van der Waals surface area (Å²) in [4.78, 5) is 11.1. The molecule has 18 heavy (non-hydrogen) atoms. The summed E-state index contributed by atoms with van der Waals surface area (Å²) in [6.45, 7) is 4.16. The van der Waals surface area contributed by atoms with Gasteiger partial charge in [0.25, 0.3) is 0 Å². The molecule has 3 heteroatoms. The minimum absolute atomic E-state index is 0.282. The second kappa shape index (κ2) is 7.04. The molecule has 0 saturated carbocycles. The van der Waals surface area contributed by atoms with E-state index in [0.717, 1.165) is 49.7 Å². The number of rotatable bonds is 7. The molecule has 0 aliphatic carbocycles. The van der Waals surface area contributed by atoms with Crippen molar-refractivity contribution >= 4 is 5.97 Å². The summed E-state index contributed by atoms with van der Waals surface area (Å²) in [5, 5.41) is 19.2. The van der Waals surface area contributed by atoms with Gasteiger partial charge in [-0.25, -0.2) is 4.79 Å². The van der Waals surface area contributed by atoms with Crippen LogP contribution in [0.15, 0.2) is 12.1 Å². The maximum absolute atomic E-state index is 11.1. The Kier molecular flexibility index (Phi) is 5.69. The molecule has 0 heterocycles. The Bertz CT molecular complexity index is 381. The first-order valence-corrected chi connectivity index (χ1v) is 6.68. The van der Waals surface area contributed by atoms with Crippen molar-refractivity contribution in [1.82, 2.24) is 0 Å². The second-order valence-corrected chi connectivity index (χ2v) is 4.66. The number of aryl methyl sites for hydroxylation is 2. The third kappa shape index (κ3) is 3.76. The lowest BCUT2D eigenvalue weighted by Gasteiger charge is -2.11. The largest absolute Gasteiger partial charge is 0.507 e. The summed E-state index contributed by atoms with van der Waals surface area (Å²) >= 11 is 0. The first kappa shape index (κ1) is 14.6. The molecule has 0 amide bonds. The van der Waals surface area contributed by atoms with E-state index in [9.17, 15) is 9.90 Å². The summed E-state index contributed by atoms with van der Waals surface area (Å²) in [6.07, 6.45) is 5.46. The summed E-state index contributed by atoms with van der Waals surface area (Å²) in [5.74, 6) is -0.632. The van der Waals surface area contributed by atoms with E-state index >= 15 is 0 Å². The van der Waals surface area contributed by atoms with E-state index < -0.39 is 5.97 Å². The SMILES string of the molecule is CCCCc1cc(C(=O)O)cc(CCCC)c1O. The minimum Gasteiger partial charge on any atom is -0.507 e. The molecular weight excluding hydrogens is 228 g/mol. The zero-order chi connectivity index (χ0) is 13.5. The van der Waals surface area contributed by atoms with E-state index in [1.807, 2.05) is 0 Å². The second-order valence-electron chi connectivity index (χ2n) is 4.66. The molecule has 2 N–H and O–H groups in total. The Morgan fingerprint density at radius 1 is 1.06 bits per heavy atom. The topological polar surface area (TPSA) is 57.5 Å². The van der Waals surface area contributed by atoms with Crippen LogP contribution in [0.4, 0.5) is 0 Å². The quantitative estimate of drug-likeness (QED) is 0.774. The van der Waals surface area contributed by atoms with Gasteiger partial charge in [0, 0.05) is 0 Å². The molecule has 1 rings (SSSR count). The fourth-order valence-electron chi connectivity index (χ4n) is 2.00. The molecule has 1 aromatic carbocycles. The van der Waals surface area contributed by atoms with Gasteiger partial charge in [-0.2, -0.15) is 0 Å². The van der Waals surface area contributed by atoms with Crippen molar-refractivity contribution in [2.75, 3.05) is 0 Å². The molecule has 0 spiro atoms. The van der Waals surface area contributed by atoms with Crippen molar-refractivity contribution < 1.29 is 15.0 Å². The van der Waals surface area contributed by atoms with Gasteiger partial charge in [0.05, 0.1) is 5.56 Å². The molecule has 0 fully saturated rings. The average Bonchev–Trinajstić information content (AvgIpc) is 2.35. The van der Waals surface area contributed by atoms with Crippen molar-refractivity contribution in [3.63, 3.8) is 0 Å². The predicted molar refractivity (Wildman–Crippen MR) is 72.3 cm³/mol. The van der Waals surface area contributed by atoms with Crippen LogP contribution in [0.25, 0.3) is 0 Å². The van der Waals surface area contributed by atoms with Gasteiger partial charge in [0.2, 0.25) is 0 Å². The molecule has 0 radical (unpaired) electrons. The average molecular weight is 250 g/mol. The number of unbranched alkanes of at least 4 members (excludes halogenated alkanes) is 2. The van der Waals surface area contributed by atoms with Gasteiger partial charge in [-0.05, 0) is 48.9 Å². The van der Waals surface area contributed by atoms with Gasteiger partial charge in [-0.3, -0.25) is 0 Å². The number of carbonyl (C=O) groups is 1. The number of phenols is 1. The number of carboxylic acid groups (broad SMARTS) is 1. The standard InChI is InChI=1S/C15H22O3/c1-3-5-7-11-9-13(15(17)18)10-12(14(11)16)8-6-4-2/h9-10,16H,3-8H2,1-2H3,(H,17,18). The lowest BCUT2D eigenvalue weighted by molar-refractivity contribution is 0.0696. The van der Waals surface area contributed by atoms with Crippen molar-refractivity contribution in [3.8, 4) is 5.75 Å². The monoisotopic (exact) mass is 250 g/mol. The number of hydrogen-bond donors (Lipinski definition) is 2. The Labute approximate surface area is 108 Å². The molecule has 100 valence electrons. The third-order valence-corrected chi connectivity index (χ3v) is 3.11. The number of benzene rings is 1. The number of aromatic hydroxyl groups is 1. The number of phenolic OH excluding ortho intramolecular Hbond substituents is 1. The van der Waals surface area contributed by atoms with E-state index in [4.69, 9.17) is 5.11 Å². The van der Waals surface area contributed by atoms with Crippen LogP contribution in [-0.4, -0.2) is 16.2 Å². The van der Waals surface area contributed by atoms with E-state index in [-0.39, 0.29) is 5.56 Å². The van der Waals surface area contributed by atoms with Gasteiger partial charge < -0.3 is 10.2 Å². The number of hydrogen-bond acceptors (Lipinski definition) is 2. The van der Waals surface area contributed by atoms with E-state index in [1.165, 1.54) is 0 Å². The Hall–Kier alpha value is -1.51. The first-order chi connectivity index (χ1) is 8.60. The highest BCUT2D eigenvalue weighted by atomic mass is 16.4. The summed E-state index contributed by atoms with van der Waals surface area (Å²) in [7, 11) is 0. The lowest BCUT2D eigenvalue weighted by Crippen LogP contribution is -2.01. The molecule has 0 aromatic heterocycles. The van der Waals surface area contributed by atoms with E-state index in [1.54, 1.807) is 12.1 Å². The summed E-state index contributed by atoms with van der Waals surface area (Å²) in [5.41, 5.74) is 1.82. The molecule has 0 atom stereocenters. The zero-order valence-electron chi connectivity index (χ0n) is 11.2. The van der Waals surface area contributed by atoms with Crippen molar-refractivity contribution in [1.29, 1.82) is 0 Å². The zero-order valence-corrected chi connectivity index (χ0v) is 11.2. The maximum atomic E-state index is 11.1. The Morgan fingerprint density at radius 3 is 1.83 bits per heavy atom. The third-order valence-electron chi connectivity index (χ3n) is 3.11. The van der Waals surface area contributed by atoms with Crippen LogP contribution in [0.5, 0.6) is 5.75 Å². The smallest absolute Gasteiger partial charge is 0.335 e. The Morgan fingerprint density at radius 2 is 1.50 bits per heavy atom. The molecule has 0 saturated heterocycles. The number of carboxylic acids is 1. The lowest BCUT2D eigenvalue weighted by atomic mass is 9.97. The minimum atomic E-state index is -0.925. The molecular formula is C15H22O3. The van der Waals surface area contributed by atoms with Crippen molar-refractivity contribution in [3.05, 3.63) is 28.8 Å². The fraction of sp³-hybridized carbons (Fsp3) is 0.533. The summed E-state index contributed by atoms with van der Waals surface area (Å²) in [6, 6.07) is 3.20. The van der Waals surface area contributed by atoms with Gasteiger partial charge in [0.15, 0.2) is 0 Å². The van der Waals surface area contributed by atoms with Crippen LogP contribution < -0.4 is 0 Å². The van der Waals surface area contributed by atoms with E-state index in [2.05, 4.69) is 13.8 Å². The van der Waals surface area contributed by atoms with Crippen molar-refractivity contribution in [2.45, 2.75) is 52.4 Å². The number of aromatic carboxylic acids is 1. The highest BCUT2D eigenvalue weighted by Crippen LogP contribution is 2.27. The van der Waals surface area contributed by atoms with Gasteiger partial charge in [-0.1, -0.05) is 26.7 Å². The van der Waals surface area contributed by atoms with Crippen LogP contribution >= 0.6 is 0 Å². The van der Waals surface area contributed by atoms with Gasteiger partial charge in [-0.15, -0.1) is 0 Å². The highest BCUT2D eigenvalue weighted by Gasteiger charge is 2.13. The molecule has 1 aromatic rings. The maximum Gasteiger partial charge on any atom is 0.335 e. The van der Waals surface area contributed by atoms with Crippen LogP contribution in [0.3, 0.4) is 0 Å². The van der Waals surface area contributed by atoms with Gasteiger partial charge >= 0.3 is 5.97 Å². The predicted octanol–water partition coefficient (Wildman–Crippen LogP) is 3.78. The van der Waals surface area contributed by atoms with Crippen molar-refractivity contribution in [2.24, 2.45) is 0 Å². The molecule has 0 aliphatic heterocycles. The van der Waals surface area contributed by atoms with E-state index in [0.29, 0.717) is 5.75 Å². The molecule has 0 aliphatic rings. The molecule has 0 bridgehead atoms. The fourth-order valence-corrected chi connectivity index (χ4v) is 2.00. The van der Waals surface area contributed by atoms with Crippen LogP contribution in [-0.2, 0) is 12.8 Å². The van der Waals surface area contributed by atoms with Crippen LogP contribution in [0.2, 0.25) is 0 Å².